The minimum Gasteiger partial charge on any atom is -0.354 e. The van der Waals surface area contributed by atoms with Crippen LogP contribution in [0.1, 0.15) is 30.7 Å². The van der Waals surface area contributed by atoms with Gasteiger partial charge in [-0.1, -0.05) is 30.3 Å². The Morgan fingerprint density at radius 1 is 1.21 bits per heavy atom. The highest BCUT2D eigenvalue weighted by Crippen LogP contribution is 2.27. The standard InChI is InChI=1S/C18H23N3O2S/c1-12-16(14-8-6-5-7-9-14)20-15(24-12)10-11-19-17(23)18(3,4)21-13(2)22/h5-9H,10-11H2,1-4H3,(H,19,23)(H,21,22). The number of hydrogen-bond acceptors (Lipinski definition) is 4. The highest BCUT2D eigenvalue weighted by molar-refractivity contribution is 7.12. The Morgan fingerprint density at radius 3 is 2.50 bits per heavy atom. The van der Waals surface area contributed by atoms with E-state index in [1.165, 1.54) is 11.8 Å². The summed E-state index contributed by atoms with van der Waals surface area (Å²) in [5.74, 6) is -0.424. The zero-order chi connectivity index (χ0) is 17.7. The first kappa shape index (κ1) is 18.1. The van der Waals surface area contributed by atoms with Gasteiger partial charge in [-0.25, -0.2) is 4.98 Å². The molecule has 0 aliphatic heterocycles. The number of thiazole rings is 1. The molecule has 6 heteroatoms. The molecule has 0 fully saturated rings. The number of hydrogen-bond donors (Lipinski definition) is 2. The van der Waals surface area contributed by atoms with Crippen molar-refractivity contribution in [3.63, 3.8) is 0 Å². The summed E-state index contributed by atoms with van der Waals surface area (Å²) in [5, 5.41) is 6.49. The molecule has 1 aromatic carbocycles. The van der Waals surface area contributed by atoms with E-state index >= 15 is 0 Å². The van der Waals surface area contributed by atoms with Gasteiger partial charge in [-0.05, 0) is 20.8 Å². The van der Waals surface area contributed by atoms with E-state index in [2.05, 4.69) is 22.5 Å². The third kappa shape index (κ3) is 4.64. The van der Waals surface area contributed by atoms with Crippen LogP contribution in [-0.4, -0.2) is 28.9 Å². The summed E-state index contributed by atoms with van der Waals surface area (Å²) in [6.45, 7) is 7.32. The van der Waals surface area contributed by atoms with E-state index in [0.29, 0.717) is 13.0 Å². The van der Waals surface area contributed by atoms with E-state index in [1.54, 1.807) is 25.2 Å². The van der Waals surface area contributed by atoms with Crippen molar-refractivity contribution in [2.24, 2.45) is 0 Å². The van der Waals surface area contributed by atoms with Gasteiger partial charge in [0, 0.05) is 30.3 Å². The largest absolute Gasteiger partial charge is 0.354 e. The normalized spacial score (nSPS) is 11.2. The second-order valence-corrected chi connectivity index (χ2v) is 7.48. The molecule has 128 valence electrons. The van der Waals surface area contributed by atoms with E-state index in [0.717, 1.165) is 16.3 Å². The van der Waals surface area contributed by atoms with Gasteiger partial charge in [0.1, 0.15) is 5.54 Å². The Hall–Kier alpha value is -2.21. The van der Waals surface area contributed by atoms with Crippen molar-refractivity contribution in [3.8, 4) is 11.3 Å². The molecule has 0 bridgehead atoms. The summed E-state index contributed by atoms with van der Waals surface area (Å²) in [4.78, 5) is 29.1. The molecule has 0 unspecified atom stereocenters. The fraction of sp³-hybridized carbons (Fsp3) is 0.389. The van der Waals surface area contributed by atoms with E-state index in [9.17, 15) is 9.59 Å². The van der Waals surface area contributed by atoms with Gasteiger partial charge in [0.15, 0.2) is 0 Å². The molecule has 0 saturated carbocycles. The molecular weight excluding hydrogens is 322 g/mol. The maximum Gasteiger partial charge on any atom is 0.245 e. The second-order valence-electron chi connectivity index (χ2n) is 6.19. The first-order chi connectivity index (χ1) is 11.3. The van der Waals surface area contributed by atoms with Crippen LogP contribution in [0.3, 0.4) is 0 Å². The third-order valence-electron chi connectivity index (χ3n) is 3.57. The minimum absolute atomic E-state index is 0.200. The molecule has 2 rings (SSSR count). The van der Waals surface area contributed by atoms with Crippen LogP contribution in [0.2, 0.25) is 0 Å². The number of rotatable bonds is 6. The lowest BCUT2D eigenvalue weighted by Crippen LogP contribution is -2.54. The molecule has 5 nitrogen and oxygen atoms in total. The molecule has 1 aromatic heterocycles. The lowest BCUT2D eigenvalue weighted by molar-refractivity contribution is -0.131. The molecule has 0 aliphatic rings. The van der Waals surface area contributed by atoms with Crippen molar-refractivity contribution in [1.29, 1.82) is 0 Å². The Morgan fingerprint density at radius 2 is 1.88 bits per heavy atom. The Bertz CT molecular complexity index is 723. The lowest BCUT2D eigenvalue weighted by Gasteiger charge is -2.24. The van der Waals surface area contributed by atoms with Gasteiger partial charge >= 0.3 is 0 Å². The summed E-state index contributed by atoms with van der Waals surface area (Å²) in [6, 6.07) is 10.1. The van der Waals surface area contributed by atoms with E-state index in [4.69, 9.17) is 0 Å². The predicted octanol–water partition coefficient (Wildman–Crippen LogP) is 2.69. The van der Waals surface area contributed by atoms with E-state index in [1.807, 2.05) is 30.3 Å². The average molecular weight is 345 g/mol. The van der Waals surface area contributed by atoms with Gasteiger partial charge in [0.05, 0.1) is 10.7 Å². The summed E-state index contributed by atoms with van der Waals surface area (Å²) in [6.07, 6.45) is 0.667. The summed E-state index contributed by atoms with van der Waals surface area (Å²) in [7, 11) is 0. The number of nitrogens with one attached hydrogen (secondary N) is 2. The molecule has 0 radical (unpaired) electrons. The summed E-state index contributed by atoms with van der Waals surface area (Å²) < 4.78 is 0. The van der Waals surface area contributed by atoms with Gasteiger partial charge in [-0.2, -0.15) is 0 Å². The maximum atomic E-state index is 12.1. The van der Waals surface area contributed by atoms with Crippen molar-refractivity contribution in [3.05, 3.63) is 40.2 Å². The van der Waals surface area contributed by atoms with E-state index < -0.39 is 5.54 Å². The molecule has 24 heavy (non-hydrogen) atoms. The fourth-order valence-electron chi connectivity index (χ4n) is 2.42. The minimum atomic E-state index is -0.917. The molecule has 1 heterocycles. The number of carbonyl (C=O) groups excluding carboxylic acids is 2. The number of carbonyl (C=O) groups is 2. The van der Waals surface area contributed by atoms with Gasteiger partial charge in [0.2, 0.25) is 11.8 Å². The van der Waals surface area contributed by atoms with Crippen LogP contribution in [0.4, 0.5) is 0 Å². The number of nitrogens with zero attached hydrogens (tertiary/aromatic N) is 1. The van der Waals surface area contributed by atoms with Crippen LogP contribution in [0, 0.1) is 6.92 Å². The number of benzene rings is 1. The van der Waals surface area contributed by atoms with Gasteiger partial charge in [-0.3, -0.25) is 9.59 Å². The van der Waals surface area contributed by atoms with Gasteiger partial charge in [0.25, 0.3) is 0 Å². The van der Waals surface area contributed by atoms with Crippen LogP contribution in [0.25, 0.3) is 11.3 Å². The number of aryl methyl sites for hydroxylation is 1. The highest BCUT2D eigenvalue weighted by Gasteiger charge is 2.27. The summed E-state index contributed by atoms with van der Waals surface area (Å²) in [5.41, 5.74) is 1.19. The van der Waals surface area contributed by atoms with Crippen LogP contribution < -0.4 is 10.6 Å². The van der Waals surface area contributed by atoms with E-state index in [-0.39, 0.29) is 11.8 Å². The highest BCUT2D eigenvalue weighted by atomic mass is 32.1. The maximum absolute atomic E-state index is 12.1. The van der Waals surface area contributed by atoms with Crippen molar-refractivity contribution in [2.45, 2.75) is 39.7 Å². The first-order valence-electron chi connectivity index (χ1n) is 7.88. The molecule has 0 aliphatic carbocycles. The van der Waals surface area contributed by atoms with Crippen LogP contribution in [0.5, 0.6) is 0 Å². The fourth-order valence-corrected chi connectivity index (χ4v) is 3.38. The van der Waals surface area contributed by atoms with Gasteiger partial charge < -0.3 is 10.6 Å². The molecular formula is C18H23N3O2S. The predicted molar refractivity (Wildman–Crippen MR) is 96.9 cm³/mol. The molecule has 0 spiro atoms. The third-order valence-corrected chi connectivity index (χ3v) is 4.60. The van der Waals surface area contributed by atoms with Crippen LogP contribution in [-0.2, 0) is 16.0 Å². The molecule has 2 N–H and O–H groups in total. The SMILES string of the molecule is CC(=O)NC(C)(C)C(=O)NCCc1nc(-c2ccccc2)c(C)s1. The molecule has 2 amide bonds. The Kier molecular flexibility index (Phi) is 5.72. The summed E-state index contributed by atoms with van der Waals surface area (Å²) >= 11 is 1.65. The zero-order valence-corrected chi connectivity index (χ0v) is 15.3. The Labute approximate surface area is 146 Å². The quantitative estimate of drug-likeness (QED) is 0.845. The number of aromatic nitrogens is 1. The monoisotopic (exact) mass is 345 g/mol. The van der Waals surface area contributed by atoms with Crippen LogP contribution in [0.15, 0.2) is 30.3 Å². The first-order valence-corrected chi connectivity index (χ1v) is 8.70. The molecule has 0 saturated heterocycles. The second kappa shape index (κ2) is 7.57. The number of amides is 2. The lowest BCUT2D eigenvalue weighted by atomic mass is 10.0. The zero-order valence-electron chi connectivity index (χ0n) is 14.5. The van der Waals surface area contributed by atoms with Crippen molar-refractivity contribution < 1.29 is 9.59 Å². The van der Waals surface area contributed by atoms with Crippen molar-refractivity contribution >= 4 is 23.2 Å². The van der Waals surface area contributed by atoms with Crippen molar-refractivity contribution in [2.75, 3.05) is 6.54 Å². The topological polar surface area (TPSA) is 71.1 Å². The molecule has 0 atom stereocenters. The average Bonchev–Trinajstić information content (AvgIpc) is 2.87. The van der Waals surface area contributed by atoms with Crippen LogP contribution >= 0.6 is 11.3 Å². The smallest absolute Gasteiger partial charge is 0.245 e. The van der Waals surface area contributed by atoms with Gasteiger partial charge in [-0.15, -0.1) is 11.3 Å². The molecule has 2 aromatic rings. The Balaban J connectivity index is 1.94. The van der Waals surface area contributed by atoms with Crippen molar-refractivity contribution in [1.82, 2.24) is 15.6 Å².